The molecule has 72 heavy (non-hydrogen) atoms. The molecule has 3 heterocycles. The van der Waals surface area contributed by atoms with Crippen LogP contribution in [0.15, 0.2) is 145 Å². The fourth-order valence-corrected chi connectivity index (χ4v) is 11.9. The number of aryl methyl sites for hydroxylation is 2. The van der Waals surface area contributed by atoms with Crippen LogP contribution in [0.25, 0.3) is 10.9 Å². The number of halogens is 1. The number of hydrogen-bond acceptors (Lipinski definition) is 10. The Labute approximate surface area is 424 Å². The molecule has 7 aromatic rings. The van der Waals surface area contributed by atoms with Crippen LogP contribution in [-0.2, 0) is 32.6 Å². The molecule has 1 spiro atoms. The molecule has 6 aromatic carbocycles. The Bertz CT molecular complexity index is 3280. The molecule has 1 saturated carbocycles. The van der Waals surface area contributed by atoms with Gasteiger partial charge in [-0.15, -0.1) is 0 Å². The van der Waals surface area contributed by atoms with Gasteiger partial charge in [-0.3, -0.25) is 9.59 Å². The van der Waals surface area contributed by atoms with Crippen molar-refractivity contribution in [3.8, 4) is 17.2 Å². The predicted octanol–water partition coefficient (Wildman–Crippen LogP) is 10.4. The Balaban J connectivity index is 0.856. The number of H-pyrrole nitrogens is 1. The second-order valence-electron chi connectivity index (χ2n) is 19.2. The highest BCUT2D eigenvalue weighted by molar-refractivity contribution is 7.90. The number of rotatable bonds is 17. The number of ether oxygens (including phenoxy) is 2. The van der Waals surface area contributed by atoms with Crippen molar-refractivity contribution in [2.45, 2.75) is 75.8 Å². The van der Waals surface area contributed by atoms with Gasteiger partial charge < -0.3 is 39.5 Å². The molecule has 370 valence electrons. The van der Waals surface area contributed by atoms with Gasteiger partial charge >= 0.3 is 0 Å². The van der Waals surface area contributed by atoms with Gasteiger partial charge in [-0.2, -0.15) is 0 Å². The molecular formula is C57H55ClN5O8S-. The maximum absolute atomic E-state index is 14.2. The molecule has 2 amide bonds. The molecule has 2 aliphatic heterocycles. The fraction of sp³-hybridized carbons (Fsp3) is 0.281. The Morgan fingerprint density at radius 2 is 1.67 bits per heavy atom. The lowest BCUT2D eigenvalue weighted by atomic mass is 9.66. The maximum Gasteiger partial charge on any atom is 0.268 e. The lowest BCUT2D eigenvalue weighted by molar-refractivity contribution is -0.305. The molecular weight excluding hydrogens is 950 g/mol. The maximum atomic E-state index is 14.2. The molecule has 0 radical (unpaired) electrons. The highest BCUT2D eigenvalue weighted by atomic mass is 35.5. The van der Waals surface area contributed by atoms with Gasteiger partial charge in [0.1, 0.15) is 23.9 Å². The number of carbonyl (C=O) groups is 3. The number of nitrogens with zero attached hydrogens (tertiary/aromatic N) is 2. The van der Waals surface area contributed by atoms with Crippen molar-refractivity contribution >= 4 is 67.4 Å². The zero-order valence-electron chi connectivity index (χ0n) is 39.9. The number of aromatic nitrogens is 1. The summed E-state index contributed by atoms with van der Waals surface area (Å²) in [5.41, 5.74) is 5.89. The van der Waals surface area contributed by atoms with Crippen LogP contribution in [0.4, 0.5) is 17.1 Å². The summed E-state index contributed by atoms with van der Waals surface area (Å²) in [7, 11) is -4.49. The zero-order chi connectivity index (χ0) is 50.0. The number of hydrogen-bond donors (Lipinski definition) is 3. The number of anilines is 3. The van der Waals surface area contributed by atoms with Crippen LogP contribution in [0.5, 0.6) is 17.2 Å². The number of carboxylic acid groups (broad SMARTS) is 1. The second kappa shape index (κ2) is 20.4. The molecule has 3 aliphatic rings. The van der Waals surface area contributed by atoms with E-state index in [0.29, 0.717) is 54.0 Å². The molecule has 15 heteroatoms. The first-order valence-electron chi connectivity index (χ1n) is 24.5. The zero-order valence-corrected chi connectivity index (χ0v) is 41.4. The number of fused-ring (bicyclic) bond motifs is 1. The van der Waals surface area contributed by atoms with E-state index in [1.165, 1.54) is 18.2 Å². The lowest BCUT2D eigenvalue weighted by Gasteiger charge is -2.56. The summed E-state index contributed by atoms with van der Waals surface area (Å²) in [6.07, 6.45) is 6.98. The van der Waals surface area contributed by atoms with E-state index in [2.05, 4.69) is 37.0 Å². The third-order valence-electron chi connectivity index (χ3n) is 14.5. The first-order valence-corrected chi connectivity index (χ1v) is 26.3. The monoisotopic (exact) mass is 1000 g/mol. The van der Waals surface area contributed by atoms with Gasteiger partial charge in [-0.25, -0.2) is 13.1 Å². The predicted molar refractivity (Wildman–Crippen MR) is 276 cm³/mol. The number of benzene rings is 6. The van der Waals surface area contributed by atoms with E-state index in [-0.39, 0.29) is 52.3 Å². The van der Waals surface area contributed by atoms with E-state index in [9.17, 15) is 27.9 Å². The number of likely N-dealkylation sites (tertiary alicyclic amines) is 1. The topological polar surface area (TPSA) is 173 Å². The van der Waals surface area contributed by atoms with Crippen LogP contribution in [0, 0.1) is 18.3 Å². The van der Waals surface area contributed by atoms with E-state index in [1.54, 1.807) is 36.4 Å². The summed E-state index contributed by atoms with van der Waals surface area (Å²) in [5, 5.41) is 16.1. The molecule has 3 fully saturated rings. The van der Waals surface area contributed by atoms with Gasteiger partial charge in [0, 0.05) is 70.9 Å². The minimum absolute atomic E-state index is 0.00389. The average molecular weight is 1010 g/mol. The van der Waals surface area contributed by atoms with Crippen molar-refractivity contribution in [3.05, 3.63) is 172 Å². The number of sulfonamides is 1. The number of carboxylic acids is 1. The number of carbonyl (C=O) groups excluding carboxylic acids is 3. The van der Waals surface area contributed by atoms with Crippen LogP contribution < -0.4 is 29.5 Å². The molecule has 13 nitrogen and oxygen atoms in total. The third-order valence-corrected chi connectivity index (χ3v) is 16.2. The molecule has 1 aromatic heterocycles. The lowest BCUT2D eigenvalue weighted by Crippen LogP contribution is -2.63. The van der Waals surface area contributed by atoms with E-state index in [4.69, 9.17) is 21.1 Å². The number of aromatic amines is 1. The van der Waals surface area contributed by atoms with Crippen LogP contribution in [0.3, 0.4) is 0 Å². The third kappa shape index (κ3) is 10.2. The van der Waals surface area contributed by atoms with Gasteiger partial charge in [-0.1, -0.05) is 73.0 Å². The average Bonchev–Trinajstić information content (AvgIpc) is 4.09. The first kappa shape index (κ1) is 48.3. The molecule has 2 saturated heterocycles. The minimum atomic E-state index is -4.49. The van der Waals surface area contributed by atoms with Crippen LogP contribution in [0.1, 0.15) is 83.6 Å². The summed E-state index contributed by atoms with van der Waals surface area (Å²) in [5.74, 6) is -0.271. The smallest absolute Gasteiger partial charge is 0.268 e. The van der Waals surface area contributed by atoms with Crippen molar-refractivity contribution in [2.24, 2.45) is 11.3 Å². The van der Waals surface area contributed by atoms with Crippen molar-refractivity contribution in [1.82, 2.24) is 14.6 Å². The first-order chi connectivity index (χ1) is 34.8. The summed E-state index contributed by atoms with van der Waals surface area (Å²) in [6.45, 7) is 4.39. The van der Waals surface area contributed by atoms with E-state index >= 15 is 0 Å². The van der Waals surface area contributed by atoms with E-state index in [0.717, 1.165) is 77.6 Å². The quantitative estimate of drug-likeness (QED) is 0.0745. The number of β-lactam (4-membered cyclic amide) rings is 1. The van der Waals surface area contributed by atoms with Crippen molar-refractivity contribution < 1.29 is 37.4 Å². The van der Waals surface area contributed by atoms with E-state index in [1.807, 2.05) is 79.9 Å². The Morgan fingerprint density at radius 3 is 2.44 bits per heavy atom. The molecule has 0 bridgehead atoms. The standard InChI is InChI=1S/C57H56ClN5O8S/c1-37-12-14-43(33-49(37)58)60-51-20-17-47(32-40(51)13-21-53(64)65)72(68,69)61-55(66)48-18-15-44(34-52(48)71-46-16-19-50-41(30-46)22-27-59-50)62-28-23-38(24-29-62)35-63-54(57(56(63)67)25-5-6-26-57)42-10-7-11-45(31-42)70-36-39-8-3-2-4-9-39/h2-4,7-12,14-20,22,27,30-34,38,54,59-60H,5-6,13,21,23-26,28-29,35-36H2,1H3,(H,61,66)(H,64,65)/p-1. The second-order valence-corrected chi connectivity index (χ2v) is 21.3. The Morgan fingerprint density at radius 1 is 0.861 bits per heavy atom. The SMILES string of the molecule is Cc1ccc(Nc2ccc(S(=O)(=O)NC(=O)c3ccc(N4CCC(CN5C(=O)C6(CCCC6)C5c5cccc(OCc6ccccc6)c5)CC4)cc3Oc3ccc4[nH]ccc4c3)cc2CCC(=O)[O-])cc1Cl. The molecule has 1 aliphatic carbocycles. The van der Waals surface area contributed by atoms with Crippen molar-refractivity contribution in [2.75, 3.05) is 29.9 Å². The number of amides is 2. The molecule has 1 unspecified atom stereocenters. The number of piperidine rings is 1. The number of nitrogens with one attached hydrogen (secondary N) is 3. The van der Waals surface area contributed by atoms with Gasteiger partial charge in [0.15, 0.2) is 0 Å². The van der Waals surface area contributed by atoms with Gasteiger partial charge in [0.2, 0.25) is 5.91 Å². The summed E-state index contributed by atoms with van der Waals surface area (Å²) in [6, 6.07) is 40.4. The van der Waals surface area contributed by atoms with E-state index < -0.39 is 21.9 Å². The minimum Gasteiger partial charge on any atom is -0.550 e. The fourth-order valence-electron chi connectivity index (χ4n) is 10.7. The molecule has 1 atom stereocenters. The molecule has 3 N–H and O–H groups in total. The summed E-state index contributed by atoms with van der Waals surface area (Å²) >= 11 is 6.35. The highest BCUT2D eigenvalue weighted by Gasteiger charge is 2.61. The van der Waals surface area contributed by atoms with Gasteiger partial charge in [0.25, 0.3) is 15.9 Å². The number of aliphatic carboxylic acids is 1. The van der Waals surface area contributed by atoms with Crippen LogP contribution >= 0.6 is 11.6 Å². The normalized spacial score (nSPS) is 16.7. The highest BCUT2D eigenvalue weighted by Crippen LogP contribution is 2.59. The van der Waals surface area contributed by atoms with Crippen molar-refractivity contribution in [3.63, 3.8) is 0 Å². The van der Waals surface area contributed by atoms with Crippen LogP contribution in [0.2, 0.25) is 5.02 Å². The summed E-state index contributed by atoms with van der Waals surface area (Å²) in [4.78, 5) is 47.1. The van der Waals surface area contributed by atoms with Crippen LogP contribution in [-0.4, -0.2) is 55.7 Å². The van der Waals surface area contributed by atoms with Crippen molar-refractivity contribution in [1.29, 1.82) is 0 Å². The molecule has 10 rings (SSSR count). The largest absolute Gasteiger partial charge is 0.550 e. The van der Waals surface area contributed by atoms with Gasteiger partial charge in [0.05, 0.1) is 21.9 Å². The Kier molecular flexibility index (Phi) is 13.7. The Hall–Kier alpha value is -7.29. The van der Waals surface area contributed by atoms with Gasteiger partial charge in [-0.05, 0) is 152 Å². The summed E-state index contributed by atoms with van der Waals surface area (Å²) < 4.78 is 42.9.